The molecule has 6 N–H and O–H groups in total. The summed E-state index contributed by atoms with van der Waals surface area (Å²) in [5.41, 5.74) is 0. The van der Waals surface area contributed by atoms with Crippen molar-refractivity contribution in [3.63, 3.8) is 0 Å². The molecule has 6 unspecified atom stereocenters. The van der Waals surface area contributed by atoms with Crippen molar-refractivity contribution in [3.05, 3.63) is 72.9 Å². The Morgan fingerprint density at radius 2 is 0.843 bits per heavy atom. The Hall–Kier alpha value is -2.22. The van der Waals surface area contributed by atoms with Gasteiger partial charge in [0.15, 0.2) is 0 Å². The highest BCUT2D eigenvalue weighted by molar-refractivity contribution is 7.47. The molecular formula is C57H101O12P. The number of rotatable bonds is 47. The molecule has 1 saturated carbocycles. The van der Waals surface area contributed by atoms with E-state index in [1.807, 2.05) is 0 Å². The number of carbonyl (C=O) groups is 1. The molecule has 12 nitrogen and oxygen atoms in total. The lowest BCUT2D eigenvalue weighted by Crippen LogP contribution is -2.64. The summed E-state index contributed by atoms with van der Waals surface area (Å²) in [5, 5.41) is 50.4. The Bertz CT molecular complexity index is 1430. The average Bonchev–Trinajstić information content (AvgIpc) is 3.35. The normalized spacial score (nSPS) is 21.4. The number of carbonyl (C=O) groups excluding carboxylic acids is 1. The van der Waals surface area contributed by atoms with E-state index in [-0.39, 0.29) is 13.0 Å². The summed E-state index contributed by atoms with van der Waals surface area (Å²) < 4.78 is 34.4. The fourth-order valence-electron chi connectivity index (χ4n) is 8.20. The minimum absolute atomic E-state index is 0.0904. The second kappa shape index (κ2) is 46.6. The summed E-state index contributed by atoms with van der Waals surface area (Å²) in [4.78, 5) is 23.3. The van der Waals surface area contributed by atoms with Crippen LogP contribution < -0.4 is 0 Å². The number of phosphoric acid groups is 1. The van der Waals surface area contributed by atoms with Gasteiger partial charge >= 0.3 is 13.8 Å². The number of phosphoric ester groups is 1. The van der Waals surface area contributed by atoms with Gasteiger partial charge in [0.2, 0.25) is 0 Å². The molecule has 70 heavy (non-hydrogen) atoms. The maximum absolute atomic E-state index is 12.9. The van der Waals surface area contributed by atoms with Crippen molar-refractivity contribution >= 4 is 13.8 Å². The van der Waals surface area contributed by atoms with Crippen molar-refractivity contribution in [2.75, 3.05) is 19.8 Å². The zero-order chi connectivity index (χ0) is 51.2. The van der Waals surface area contributed by atoms with Gasteiger partial charge in [-0.1, -0.05) is 202 Å². The zero-order valence-corrected chi connectivity index (χ0v) is 44.7. The van der Waals surface area contributed by atoms with E-state index in [4.69, 9.17) is 18.5 Å². The number of unbranched alkanes of at least 4 members (excludes halogenated alkanes) is 23. The van der Waals surface area contributed by atoms with Crippen LogP contribution in [-0.4, -0.2) is 98.9 Å². The molecule has 13 heteroatoms. The Labute approximate surface area is 425 Å². The number of allylic oxidation sites excluding steroid dienone is 12. The summed E-state index contributed by atoms with van der Waals surface area (Å²) in [7, 11) is -5.03. The van der Waals surface area contributed by atoms with E-state index in [2.05, 4.69) is 86.8 Å². The third-order valence-electron chi connectivity index (χ3n) is 12.6. The minimum Gasteiger partial charge on any atom is -0.457 e. The van der Waals surface area contributed by atoms with Crippen LogP contribution in [0.25, 0.3) is 0 Å². The lowest BCUT2D eigenvalue weighted by Gasteiger charge is -2.41. The van der Waals surface area contributed by atoms with E-state index in [0.717, 1.165) is 96.3 Å². The molecule has 0 spiro atoms. The van der Waals surface area contributed by atoms with Crippen LogP contribution in [0.1, 0.15) is 219 Å². The standard InChI is InChI=1S/C57H101O12P/c1-3-5-7-9-11-13-15-17-19-21-23-25-27-29-31-33-35-37-39-41-43-45-47-66-48-50(49-67-70(64,65)69-57-55(62)53(60)52(59)54(61)56(57)63)68-51(58)46-44-42-40-38-36-34-32-30-28-26-24-22-20-18-16-14-12-10-8-6-4-2/h5,7,11,13,17,19,22-25,29,31,50,52-57,59-63H,3-4,6,8-10,12,14-16,18,20-21,26-28,30,32-49H2,1-2H3,(H,64,65)/b7-5-,13-11-,19-17-,24-22-,25-23-,31-29-. The van der Waals surface area contributed by atoms with Gasteiger partial charge in [-0.15, -0.1) is 0 Å². The molecule has 0 aromatic carbocycles. The molecule has 0 amide bonds. The first kappa shape index (κ1) is 65.8. The van der Waals surface area contributed by atoms with Gasteiger partial charge in [-0.3, -0.25) is 13.8 Å². The minimum atomic E-state index is -5.03. The number of hydrogen-bond donors (Lipinski definition) is 6. The van der Waals surface area contributed by atoms with E-state index < -0.39 is 63.1 Å². The first-order valence-corrected chi connectivity index (χ1v) is 29.3. The molecule has 0 aromatic heterocycles. The van der Waals surface area contributed by atoms with Crippen LogP contribution in [-0.2, 0) is 27.9 Å². The molecule has 406 valence electrons. The maximum Gasteiger partial charge on any atom is 0.472 e. The molecule has 1 aliphatic carbocycles. The van der Waals surface area contributed by atoms with Crippen molar-refractivity contribution in [3.8, 4) is 0 Å². The third kappa shape index (κ3) is 37.5. The molecule has 0 radical (unpaired) electrons. The molecule has 1 aliphatic rings. The van der Waals surface area contributed by atoms with Gasteiger partial charge in [-0.25, -0.2) is 4.57 Å². The van der Waals surface area contributed by atoms with E-state index in [0.29, 0.717) is 13.0 Å². The molecule has 0 aliphatic heterocycles. The van der Waals surface area contributed by atoms with Crippen LogP contribution in [0, 0.1) is 0 Å². The van der Waals surface area contributed by atoms with Gasteiger partial charge in [0.05, 0.1) is 13.2 Å². The monoisotopic (exact) mass is 1010 g/mol. The second-order valence-electron chi connectivity index (χ2n) is 19.0. The zero-order valence-electron chi connectivity index (χ0n) is 43.8. The average molecular weight is 1010 g/mol. The molecule has 0 heterocycles. The van der Waals surface area contributed by atoms with Gasteiger partial charge in [-0.2, -0.15) is 0 Å². The lowest BCUT2D eigenvalue weighted by molar-refractivity contribution is -0.220. The molecular weight excluding hydrogens is 908 g/mol. The largest absolute Gasteiger partial charge is 0.472 e. The number of ether oxygens (including phenoxy) is 2. The number of esters is 1. The van der Waals surface area contributed by atoms with Gasteiger partial charge in [0, 0.05) is 13.0 Å². The molecule has 0 saturated heterocycles. The van der Waals surface area contributed by atoms with Crippen LogP contribution in [0.3, 0.4) is 0 Å². The van der Waals surface area contributed by atoms with Crippen molar-refractivity contribution in [2.24, 2.45) is 0 Å². The number of aliphatic hydroxyl groups is 5. The number of aliphatic hydroxyl groups excluding tert-OH is 5. The van der Waals surface area contributed by atoms with Crippen LogP contribution in [0.5, 0.6) is 0 Å². The SMILES string of the molecule is CC/C=C\C/C=C\C/C=C\C/C=C\C/C=C\CCCCCCCCOCC(COP(=O)(O)OC1C(O)C(O)C(O)C(O)C1O)OC(=O)CCCCCCCCCCC/C=C\CCCCCCCCCC. The Morgan fingerprint density at radius 3 is 1.30 bits per heavy atom. The van der Waals surface area contributed by atoms with Gasteiger partial charge in [0.1, 0.15) is 42.7 Å². The van der Waals surface area contributed by atoms with E-state index >= 15 is 0 Å². The highest BCUT2D eigenvalue weighted by Crippen LogP contribution is 2.47. The first-order chi connectivity index (χ1) is 34.0. The van der Waals surface area contributed by atoms with Crippen LogP contribution in [0.15, 0.2) is 72.9 Å². The van der Waals surface area contributed by atoms with Crippen LogP contribution >= 0.6 is 7.82 Å². The summed E-state index contributed by atoms with van der Waals surface area (Å²) in [6, 6.07) is 0. The van der Waals surface area contributed by atoms with Crippen molar-refractivity contribution < 1.29 is 58.3 Å². The van der Waals surface area contributed by atoms with Gasteiger partial charge in [0.25, 0.3) is 0 Å². The molecule has 0 aromatic rings. The molecule has 1 fully saturated rings. The second-order valence-corrected chi connectivity index (χ2v) is 20.5. The summed E-state index contributed by atoms with van der Waals surface area (Å²) >= 11 is 0. The van der Waals surface area contributed by atoms with Crippen molar-refractivity contribution in [1.82, 2.24) is 0 Å². The van der Waals surface area contributed by atoms with Gasteiger partial charge < -0.3 is 39.9 Å². The van der Waals surface area contributed by atoms with Crippen molar-refractivity contribution in [2.45, 2.75) is 262 Å². The maximum atomic E-state index is 12.9. The summed E-state index contributed by atoms with van der Waals surface area (Å²) in [6.07, 6.45) is 49.6. The third-order valence-corrected chi connectivity index (χ3v) is 13.5. The summed E-state index contributed by atoms with van der Waals surface area (Å²) in [5.74, 6) is -0.485. The van der Waals surface area contributed by atoms with E-state index in [1.54, 1.807) is 0 Å². The van der Waals surface area contributed by atoms with Crippen LogP contribution in [0.2, 0.25) is 0 Å². The Kier molecular flexibility index (Phi) is 43.8. The quantitative estimate of drug-likeness (QED) is 0.0147. The van der Waals surface area contributed by atoms with Crippen LogP contribution in [0.4, 0.5) is 0 Å². The Balaban J connectivity index is 2.33. The highest BCUT2D eigenvalue weighted by Gasteiger charge is 2.51. The van der Waals surface area contributed by atoms with E-state index in [1.165, 1.54) is 96.3 Å². The predicted octanol–water partition coefficient (Wildman–Crippen LogP) is 13.1. The first-order valence-electron chi connectivity index (χ1n) is 27.8. The Morgan fingerprint density at radius 1 is 0.471 bits per heavy atom. The fraction of sp³-hybridized carbons (Fsp3) is 0.772. The fourth-order valence-corrected chi connectivity index (χ4v) is 9.17. The topological polar surface area (TPSA) is 192 Å². The van der Waals surface area contributed by atoms with Gasteiger partial charge in [-0.05, 0) is 83.5 Å². The smallest absolute Gasteiger partial charge is 0.457 e. The van der Waals surface area contributed by atoms with Crippen molar-refractivity contribution in [1.29, 1.82) is 0 Å². The molecule has 1 rings (SSSR count). The van der Waals surface area contributed by atoms with E-state index in [9.17, 15) is 39.8 Å². The summed E-state index contributed by atoms with van der Waals surface area (Å²) in [6.45, 7) is 4.13. The highest BCUT2D eigenvalue weighted by atomic mass is 31.2. The molecule has 6 atom stereocenters. The predicted molar refractivity (Wildman–Crippen MR) is 285 cm³/mol. The number of hydrogen-bond acceptors (Lipinski definition) is 11. The lowest BCUT2D eigenvalue weighted by atomic mass is 9.85. The molecule has 0 bridgehead atoms.